The Bertz CT molecular complexity index is 447. The van der Waals surface area contributed by atoms with Gasteiger partial charge in [0.15, 0.2) is 0 Å². The molecule has 2 atom stereocenters. The van der Waals surface area contributed by atoms with Crippen LogP contribution in [0.3, 0.4) is 0 Å². The molecule has 0 saturated carbocycles. The fraction of sp³-hybridized carbons (Fsp3) is 0.500. The van der Waals surface area contributed by atoms with Crippen molar-refractivity contribution >= 4 is 21.9 Å². The molecular formula is C14H18BrNO2. The predicted octanol–water partition coefficient (Wildman–Crippen LogP) is 3.28. The lowest BCUT2D eigenvalue weighted by Crippen LogP contribution is -2.38. The molecule has 2 unspecified atom stereocenters. The van der Waals surface area contributed by atoms with Crippen molar-refractivity contribution < 1.29 is 9.90 Å². The van der Waals surface area contributed by atoms with Gasteiger partial charge in [0.2, 0.25) is 0 Å². The Morgan fingerprint density at radius 2 is 2.39 bits per heavy atom. The van der Waals surface area contributed by atoms with Gasteiger partial charge in [-0.05, 0) is 36.5 Å². The van der Waals surface area contributed by atoms with Crippen LogP contribution in [0.15, 0.2) is 22.7 Å². The number of carboxylic acid groups (broad SMARTS) is 1. The molecule has 1 aliphatic rings. The molecule has 0 spiro atoms. The zero-order valence-electron chi connectivity index (χ0n) is 10.4. The molecular weight excluding hydrogens is 294 g/mol. The number of rotatable bonds is 5. The number of nitrogens with one attached hydrogen (secondary N) is 1. The number of hydrogen-bond acceptors (Lipinski definition) is 2. The van der Waals surface area contributed by atoms with E-state index in [0.29, 0.717) is 6.42 Å². The molecule has 2 N–H and O–H groups in total. The summed E-state index contributed by atoms with van der Waals surface area (Å²) in [5.41, 5.74) is 2.56. The second-order valence-electron chi connectivity index (χ2n) is 4.75. The van der Waals surface area contributed by atoms with Crippen LogP contribution in [0.25, 0.3) is 0 Å². The minimum atomic E-state index is -0.750. The predicted molar refractivity (Wildman–Crippen MR) is 74.7 cm³/mol. The van der Waals surface area contributed by atoms with Gasteiger partial charge >= 0.3 is 5.97 Å². The summed E-state index contributed by atoms with van der Waals surface area (Å²) in [5, 5.41) is 12.5. The van der Waals surface area contributed by atoms with Crippen molar-refractivity contribution in [1.29, 1.82) is 0 Å². The summed E-state index contributed by atoms with van der Waals surface area (Å²) in [5.74, 6) is -0.750. The van der Waals surface area contributed by atoms with E-state index in [-0.39, 0.29) is 6.04 Å². The maximum Gasteiger partial charge on any atom is 0.320 e. The van der Waals surface area contributed by atoms with Crippen LogP contribution in [0.5, 0.6) is 0 Å². The van der Waals surface area contributed by atoms with Gasteiger partial charge in [-0.25, -0.2) is 0 Å². The van der Waals surface area contributed by atoms with Crippen LogP contribution < -0.4 is 5.32 Å². The van der Waals surface area contributed by atoms with Gasteiger partial charge in [-0.2, -0.15) is 0 Å². The van der Waals surface area contributed by atoms with Crippen molar-refractivity contribution in [3.63, 3.8) is 0 Å². The minimum absolute atomic E-state index is 0.171. The van der Waals surface area contributed by atoms with E-state index < -0.39 is 12.0 Å². The van der Waals surface area contributed by atoms with Crippen molar-refractivity contribution in [3.05, 3.63) is 33.8 Å². The molecule has 2 rings (SSSR count). The molecule has 0 amide bonds. The molecule has 1 aromatic carbocycles. The SMILES string of the molecule is CCCC(NC1CCc2c(Br)cccc21)C(=O)O. The second-order valence-corrected chi connectivity index (χ2v) is 5.60. The molecule has 0 heterocycles. The zero-order valence-corrected chi connectivity index (χ0v) is 12.0. The average molecular weight is 312 g/mol. The van der Waals surface area contributed by atoms with Crippen molar-refractivity contribution in [3.8, 4) is 0 Å². The molecule has 3 nitrogen and oxygen atoms in total. The molecule has 0 aliphatic heterocycles. The van der Waals surface area contributed by atoms with E-state index in [4.69, 9.17) is 0 Å². The highest BCUT2D eigenvalue weighted by atomic mass is 79.9. The lowest BCUT2D eigenvalue weighted by atomic mass is 10.1. The topological polar surface area (TPSA) is 49.3 Å². The summed E-state index contributed by atoms with van der Waals surface area (Å²) < 4.78 is 1.13. The molecule has 0 fully saturated rings. The lowest BCUT2D eigenvalue weighted by Gasteiger charge is -2.20. The van der Waals surface area contributed by atoms with Gasteiger partial charge in [0.05, 0.1) is 0 Å². The van der Waals surface area contributed by atoms with Crippen LogP contribution in [0, 0.1) is 0 Å². The first-order valence-electron chi connectivity index (χ1n) is 6.39. The van der Waals surface area contributed by atoms with Crippen LogP contribution >= 0.6 is 15.9 Å². The van der Waals surface area contributed by atoms with Crippen LogP contribution in [-0.4, -0.2) is 17.1 Å². The Balaban J connectivity index is 2.13. The van der Waals surface area contributed by atoms with E-state index in [2.05, 4.69) is 27.3 Å². The van der Waals surface area contributed by atoms with E-state index in [1.165, 1.54) is 11.1 Å². The third kappa shape index (κ3) is 2.75. The molecule has 1 aliphatic carbocycles. The van der Waals surface area contributed by atoms with Crippen molar-refractivity contribution in [2.24, 2.45) is 0 Å². The molecule has 98 valence electrons. The van der Waals surface area contributed by atoms with E-state index in [1.807, 2.05) is 19.1 Å². The Labute approximate surface area is 116 Å². The van der Waals surface area contributed by atoms with E-state index >= 15 is 0 Å². The van der Waals surface area contributed by atoms with Gasteiger partial charge in [0.1, 0.15) is 6.04 Å². The molecule has 4 heteroatoms. The normalized spacial score (nSPS) is 19.6. The molecule has 0 bridgehead atoms. The van der Waals surface area contributed by atoms with Crippen molar-refractivity contribution in [1.82, 2.24) is 5.32 Å². The second kappa shape index (κ2) is 5.85. The summed E-state index contributed by atoms with van der Waals surface area (Å²) in [6, 6.07) is 5.88. The molecule has 0 saturated heterocycles. The summed E-state index contributed by atoms with van der Waals surface area (Å²) in [6.45, 7) is 2.01. The van der Waals surface area contributed by atoms with Crippen LogP contribution in [0.4, 0.5) is 0 Å². The van der Waals surface area contributed by atoms with E-state index in [0.717, 1.165) is 23.7 Å². The summed E-state index contributed by atoms with van der Waals surface area (Å²) in [4.78, 5) is 11.2. The molecule has 0 aromatic heterocycles. The van der Waals surface area contributed by atoms with Crippen molar-refractivity contribution in [2.45, 2.75) is 44.7 Å². The number of carboxylic acids is 1. The van der Waals surface area contributed by atoms with Crippen LogP contribution in [0.2, 0.25) is 0 Å². The monoisotopic (exact) mass is 311 g/mol. The number of fused-ring (bicyclic) bond motifs is 1. The third-order valence-electron chi connectivity index (χ3n) is 3.49. The smallest absolute Gasteiger partial charge is 0.320 e. The fourth-order valence-corrected chi connectivity index (χ4v) is 3.17. The number of aliphatic carboxylic acids is 1. The highest BCUT2D eigenvalue weighted by Crippen LogP contribution is 2.35. The van der Waals surface area contributed by atoms with Gasteiger partial charge < -0.3 is 5.11 Å². The standard InChI is InChI=1S/C14H18BrNO2/c1-2-4-13(14(17)18)16-12-8-7-9-10(12)5-3-6-11(9)15/h3,5-6,12-13,16H,2,4,7-8H2,1H3,(H,17,18). The molecule has 0 radical (unpaired) electrons. The average Bonchev–Trinajstić information content (AvgIpc) is 2.73. The van der Waals surface area contributed by atoms with Crippen LogP contribution in [0.1, 0.15) is 43.4 Å². The Kier molecular flexibility index (Phi) is 4.40. The first kappa shape index (κ1) is 13.6. The summed E-state index contributed by atoms with van der Waals surface area (Å²) in [7, 11) is 0. The first-order valence-corrected chi connectivity index (χ1v) is 7.19. The van der Waals surface area contributed by atoms with Gasteiger partial charge in [0.25, 0.3) is 0 Å². The van der Waals surface area contributed by atoms with Gasteiger partial charge in [-0.3, -0.25) is 10.1 Å². The number of carbonyl (C=O) groups is 1. The third-order valence-corrected chi connectivity index (χ3v) is 4.23. The molecule has 18 heavy (non-hydrogen) atoms. The number of benzene rings is 1. The van der Waals surface area contributed by atoms with Gasteiger partial charge in [-0.15, -0.1) is 0 Å². The van der Waals surface area contributed by atoms with E-state index in [1.54, 1.807) is 0 Å². The summed E-state index contributed by atoms with van der Waals surface area (Å²) >= 11 is 3.56. The lowest BCUT2D eigenvalue weighted by molar-refractivity contribution is -0.139. The highest BCUT2D eigenvalue weighted by molar-refractivity contribution is 9.10. The van der Waals surface area contributed by atoms with E-state index in [9.17, 15) is 9.90 Å². The largest absolute Gasteiger partial charge is 0.480 e. The minimum Gasteiger partial charge on any atom is -0.480 e. The van der Waals surface area contributed by atoms with Gasteiger partial charge in [-0.1, -0.05) is 41.4 Å². The maximum absolute atomic E-state index is 11.2. The Hall–Kier alpha value is -0.870. The van der Waals surface area contributed by atoms with Crippen LogP contribution in [-0.2, 0) is 11.2 Å². The molecule has 1 aromatic rings. The maximum atomic E-state index is 11.2. The Morgan fingerprint density at radius 1 is 1.61 bits per heavy atom. The summed E-state index contributed by atoms with van der Waals surface area (Å²) in [6.07, 6.45) is 3.54. The highest BCUT2D eigenvalue weighted by Gasteiger charge is 2.28. The zero-order chi connectivity index (χ0) is 13.1. The number of hydrogen-bond donors (Lipinski definition) is 2. The van der Waals surface area contributed by atoms with Crippen molar-refractivity contribution in [2.75, 3.05) is 0 Å². The first-order chi connectivity index (χ1) is 8.63. The number of halogens is 1. The quantitative estimate of drug-likeness (QED) is 0.877. The van der Waals surface area contributed by atoms with Gasteiger partial charge in [0, 0.05) is 10.5 Å². The fourth-order valence-electron chi connectivity index (χ4n) is 2.59. The Morgan fingerprint density at radius 3 is 3.06 bits per heavy atom.